The molecular formula is C11H16ClFN4O. The summed E-state index contributed by atoms with van der Waals surface area (Å²) < 4.78 is 20.6. The molecule has 0 amide bonds. The van der Waals surface area contributed by atoms with Gasteiger partial charge in [0, 0.05) is 19.5 Å². The topological polar surface area (TPSA) is 56.3 Å². The Morgan fingerprint density at radius 1 is 1.39 bits per heavy atom. The number of ether oxygens (including phenoxy) is 1. The van der Waals surface area contributed by atoms with Gasteiger partial charge in [-0.3, -0.25) is 4.90 Å². The molecule has 0 aliphatic carbocycles. The van der Waals surface area contributed by atoms with Gasteiger partial charge >= 0.3 is 0 Å². The third-order valence-electron chi connectivity index (χ3n) is 3.65. The van der Waals surface area contributed by atoms with Gasteiger partial charge in [0.15, 0.2) is 0 Å². The highest BCUT2D eigenvalue weighted by molar-refractivity contribution is 6.32. The van der Waals surface area contributed by atoms with Gasteiger partial charge in [0.1, 0.15) is 11.3 Å². The zero-order valence-corrected chi connectivity index (χ0v) is 10.7. The molecule has 0 unspecified atom stereocenters. The van der Waals surface area contributed by atoms with Gasteiger partial charge < -0.3 is 10.5 Å². The normalized spacial score (nSPS) is 30.3. The summed E-state index contributed by atoms with van der Waals surface area (Å²) in [4.78, 5) is 2.12. The lowest BCUT2D eigenvalue weighted by Crippen LogP contribution is -2.55. The van der Waals surface area contributed by atoms with E-state index in [1.165, 1.54) is 6.20 Å². The van der Waals surface area contributed by atoms with E-state index in [1.54, 1.807) is 4.68 Å². The van der Waals surface area contributed by atoms with Crippen molar-refractivity contribution in [1.29, 1.82) is 0 Å². The number of likely N-dealkylation sites (tertiary alicyclic amines) is 1. The Morgan fingerprint density at radius 3 is 2.72 bits per heavy atom. The Hall–Kier alpha value is -0.850. The number of nitrogens with zero attached hydrogens (tertiary/aromatic N) is 3. The van der Waals surface area contributed by atoms with Gasteiger partial charge in [-0.05, 0) is 0 Å². The minimum Gasteiger partial charge on any atom is -0.395 e. The largest absolute Gasteiger partial charge is 0.395 e. The number of hydrogen-bond donors (Lipinski definition) is 1. The van der Waals surface area contributed by atoms with Crippen molar-refractivity contribution in [2.75, 3.05) is 32.0 Å². The van der Waals surface area contributed by atoms with Crippen LogP contribution in [0.3, 0.4) is 0 Å². The number of nitrogens with two attached hydrogens (primary N) is 1. The summed E-state index contributed by atoms with van der Waals surface area (Å²) in [5, 5.41) is 4.55. The van der Waals surface area contributed by atoms with Gasteiger partial charge in [-0.2, -0.15) is 5.10 Å². The number of aromatic nitrogens is 2. The van der Waals surface area contributed by atoms with Crippen LogP contribution in [0.1, 0.15) is 12.5 Å². The highest BCUT2D eigenvalue weighted by atomic mass is 35.5. The van der Waals surface area contributed by atoms with E-state index in [1.807, 2.05) is 0 Å². The molecule has 0 bridgehead atoms. The monoisotopic (exact) mass is 274 g/mol. The zero-order chi connectivity index (χ0) is 12.7. The van der Waals surface area contributed by atoms with Crippen molar-refractivity contribution in [2.24, 2.45) is 0 Å². The van der Waals surface area contributed by atoms with E-state index < -0.39 is 6.17 Å². The van der Waals surface area contributed by atoms with Crippen LogP contribution in [0, 0.1) is 0 Å². The molecule has 0 aromatic carbocycles. The molecule has 2 aliphatic rings. The smallest absolute Gasteiger partial charge is 0.150 e. The second kappa shape index (κ2) is 4.68. The van der Waals surface area contributed by atoms with Gasteiger partial charge in [-0.25, -0.2) is 9.07 Å². The number of nitrogen functional groups attached to an aromatic ring is 1. The van der Waals surface area contributed by atoms with Gasteiger partial charge in [-0.15, -0.1) is 0 Å². The van der Waals surface area contributed by atoms with E-state index in [9.17, 15) is 4.39 Å². The van der Waals surface area contributed by atoms with E-state index in [4.69, 9.17) is 22.1 Å². The summed E-state index contributed by atoms with van der Waals surface area (Å²) in [6.07, 6.45) is 1.09. The van der Waals surface area contributed by atoms with Crippen LogP contribution < -0.4 is 5.73 Å². The molecule has 5 nitrogen and oxygen atoms in total. The lowest BCUT2D eigenvalue weighted by atomic mass is 10.0. The average molecular weight is 275 g/mol. The lowest BCUT2D eigenvalue weighted by molar-refractivity contribution is -0.0855. The molecule has 2 N–H and O–H groups in total. The van der Waals surface area contributed by atoms with Crippen LogP contribution in [0.2, 0.25) is 5.15 Å². The first-order valence-electron chi connectivity index (χ1n) is 6.09. The molecule has 3 heterocycles. The molecule has 18 heavy (non-hydrogen) atoms. The summed E-state index contributed by atoms with van der Waals surface area (Å²) in [5.41, 5.74) is 6.11. The molecule has 100 valence electrons. The van der Waals surface area contributed by atoms with Crippen molar-refractivity contribution in [3.05, 3.63) is 11.3 Å². The van der Waals surface area contributed by atoms with Crippen molar-refractivity contribution in [2.45, 2.75) is 24.7 Å². The maximum atomic E-state index is 13.8. The Kier molecular flexibility index (Phi) is 3.17. The van der Waals surface area contributed by atoms with Crippen molar-refractivity contribution < 1.29 is 9.13 Å². The Morgan fingerprint density at radius 2 is 2.17 bits per heavy atom. The van der Waals surface area contributed by atoms with Crippen LogP contribution in [0.25, 0.3) is 0 Å². The minimum absolute atomic E-state index is 0.0563. The van der Waals surface area contributed by atoms with Gasteiger partial charge in [0.2, 0.25) is 0 Å². The summed E-state index contributed by atoms with van der Waals surface area (Å²) in [7, 11) is 0. The van der Waals surface area contributed by atoms with Gasteiger partial charge in [0.25, 0.3) is 0 Å². The molecular weight excluding hydrogens is 259 g/mol. The predicted molar refractivity (Wildman–Crippen MR) is 66.4 cm³/mol. The second-order valence-corrected chi connectivity index (χ2v) is 5.33. The summed E-state index contributed by atoms with van der Waals surface area (Å²) >= 11 is 6.07. The lowest BCUT2D eigenvalue weighted by Gasteiger charge is -2.43. The van der Waals surface area contributed by atoms with Crippen LogP contribution in [-0.4, -0.2) is 53.2 Å². The maximum absolute atomic E-state index is 13.8. The molecule has 3 rings (SSSR count). The third kappa shape index (κ3) is 2.08. The molecule has 7 heteroatoms. The highest BCUT2D eigenvalue weighted by Gasteiger charge is 2.36. The van der Waals surface area contributed by atoms with E-state index >= 15 is 0 Å². The predicted octanol–water partition coefficient (Wildman–Crippen LogP) is 1.10. The molecule has 1 aromatic rings. The fourth-order valence-electron chi connectivity index (χ4n) is 2.57. The standard InChI is InChI=1S/C11H16ClFN4O/c12-11-10(14)2-15-17(11)8-1-7(13)3-16(4-8)9-5-18-6-9/h2,7-9H,1,3-6,14H2/t7-,8+/m0/s1. The molecule has 2 saturated heterocycles. The third-order valence-corrected chi connectivity index (χ3v) is 4.04. The average Bonchev–Trinajstić information content (AvgIpc) is 2.56. The van der Waals surface area contributed by atoms with Crippen molar-refractivity contribution in [3.63, 3.8) is 0 Å². The number of anilines is 1. The van der Waals surface area contributed by atoms with E-state index in [-0.39, 0.29) is 6.04 Å². The molecule has 0 spiro atoms. The van der Waals surface area contributed by atoms with E-state index in [0.29, 0.717) is 43.1 Å². The first kappa shape index (κ1) is 12.2. The quantitative estimate of drug-likeness (QED) is 0.878. The van der Waals surface area contributed by atoms with Gasteiger partial charge in [0.05, 0.1) is 37.2 Å². The van der Waals surface area contributed by atoms with Crippen LogP contribution in [-0.2, 0) is 4.74 Å². The number of alkyl halides is 1. The van der Waals surface area contributed by atoms with Crippen LogP contribution in [0.15, 0.2) is 6.20 Å². The Labute approximate surface area is 110 Å². The first-order chi connectivity index (χ1) is 8.65. The maximum Gasteiger partial charge on any atom is 0.150 e. The van der Waals surface area contributed by atoms with Crippen molar-refractivity contribution >= 4 is 17.3 Å². The molecule has 0 radical (unpaired) electrons. The molecule has 2 aliphatic heterocycles. The van der Waals surface area contributed by atoms with E-state index in [2.05, 4.69) is 10.00 Å². The molecule has 2 fully saturated rings. The summed E-state index contributed by atoms with van der Waals surface area (Å²) in [5.74, 6) is 0. The minimum atomic E-state index is -0.856. The number of rotatable bonds is 2. The highest BCUT2D eigenvalue weighted by Crippen LogP contribution is 2.30. The van der Waals surface area contributed by atoms with E-state index in [0.717, 1.165) is 6.54 Å². The van der Waals surface area contributed by atoms with Crippen molar-refractivity contribution in [1.82, 2.24) is 14.7 Å². The zero-order valence-electron chi connectivity index (χ0n) is 9.93. The fraction of sp³-hybridized carbons (Fsp3) is 0.727. The fourth-order valence-corrected chi connectivity index (χ4v) is 2.80. The SMILES string of the molecule is Nc1cnn([C@@H]2C[C@H](F)CN(C3COC3)C2)c1Cl. The molecule has 1 aromatic heterocycles. The van der Waals surface area contributed by atoms with Crippen molar-refractivity contribution in [3.8, 4) is 0 Å². The van der Waals surface area contributed by atoms with Crippen LogP contribution >= 0.6 is 11.6 Å². The second-order valence-electron chi connectivity index (χ2n) is 4.97. The summed E-state index contributed by atoms with van der Waals surface area (Å²) in [6.45, 7) is 2.59. The Balaban J connectivity index is 1.77. The molecule has 2 atom stereocenters. The van der Waals surface area contributed by atoms with Gasteiger partial charge in [-0.1, -0.05) is 11.6 Å². The van der Waals surface area contributed by atoms with Crippen LogP contribution in [0.5, 0.6) is 0 Å². The summed E-state index contributed by atoms with van der Waals surface area (Å²) in [6, 6.07) is 0.275. The molecule has 0 saturated carbocycles. The first-order valence-corrected chi connectivity index (χ1v) is 6.47. The van der Waals surface area contributed by atoms with Crippen LogP contribution in [0.4, 0.5) is 10.1 Å². The number of halogens is 2. The Bertz CT molecular complexity index is 437. The number of hydrogen-bond acceptors (Lipinski definition) is 4. The number of piperidine rings is 1.